The molecular formula is C15H15NO2. The molecule has 2 aromatic rings. The first-order valence-corrected chi connectivity index (χ1v) is 5.69. The smallest absolute Gasteiger partial charge is 0.335 e. The summed E-state index contributed by atoms with van der Waals surface area (Å²) in [7, 11) is 3.96. The minimum Gasteiger partial charge on any atom is -0.478 e. The van der Waals surface area contributed by atoms with Gasteiger partial charge in [0.1, 0.15) is 0 Å². The van der Waals surface area contributed by atoms with E-state index in [4.69, 9.17) is 5.11 Å². The zero-order valence-corrected chi connectivity index (χ0v) is 10.4. The van der Waals surface area contributed by atoms with Crippen LogP contribution in [0.1, 0.15) is 10.4 Å². The first kappa shape index (κ1) is 12.2. The first-order chi connectivity index (χ1) is 8.58. The van der Waals surface area contributed by atoms with Crippen LogP contribution in [0.5, 0.6) is 0 Å². The molecule has 3 nitrogen and oxygen atoms in total. The third kappa shape index (κ3) is 2.51. The molecule has 0 aliphatic heterocycles. The molecule has 2 aromatic carbocycles. The van der Waals surface area contributed by atoms with Crippen LogP contribution in [0.3, 0.4) is 0 Å². The summed E-state index contributed by atoms with van der Waals surface area (Å²) in [4.78, 5) is 13.0. The third-order valence-electron chi connectivity index (χ3n) is 2.81. The number of hydrogen-bond acceptors (Lipinski definition) is 2. The number of hydrogen-bond donors (Lipinski definition) is 1. The van der Waals surface area contributed by atoms with E-state index in [1.165, 1.54) is 0 Å². The summed E-state index contributed by atoms with van der Waals surface area (Å²) in [5.41, 5.74) is 3.33. The number of carboxylic acids is 1. The molecule has 0 aliphatic carbocycles. The van der Waals surface area contributed by atoms with Crippen LogP contribution in [-0.4, -0.2) is 25.2 Å². The predicted molar refractivity (Wildman–Crippen MR) is 73.2 cm³/mol. The molecule has 0 bridgehead atoms. The van der Waals surface area contributed by atoms with E-state index >= 15 is 0 Å². The van der Waals surface area contributed by atoms with E-state index < -0.39 is 5.97 Å². The fourth-order valence-electron chi connectivity index (χ4n) is 1.80. The zero-order valence-electron chi connectivity index (χ0n) is 10.4. The fourth-order valence-corrected chi connectivity index (χ4v) is 1.80. The molecule has 2 rings (SSSR count). The van der Waals surface area contributed by atoms with Gasteiger partial charge in [-0.3, -0.25) is 0 Å². The van der Waals surface area contributed by atoms with Crippen molar-refractivity contribution in [3.05, 3.63) is 54.1 Å². The maximum Gasteiger partial charge on any atom is 0.335 e. The van der Waals surface area contributed by atoms with Gasteiger partial charge in [0.15, 0.2) is 0 Å². The number of carboxylic acid groups (broad SMARTS) is 1. The maximum absolute atomic E-state index is 11.0. The largest absolute Gasteiger partial charge is 0.478 e. The van der Waals surface area contributed by atoms with E-state index in [-0.39, 0.29) is 0 Å². The van der Waals surface area contributed by atoms with Crippen LogP contribution in [0.4, 0.5) is 5.69 Å². The molecule has 3 heteroatoms. The van der Waals surface area contributed by atoms with Crippen molar-refractivity contribution in [3.63, 3.8) is 0 Å². The molecule has 0 aromatic heterocycles. The van der Waals surface area contributed by atoms with Gasteiger partial charge in [0.25, 0.3) is 0 Å². The average Bonchev–Trinajstić information content (AvgIpc) is 2.39. The highest BCUT2D eigenvalue weighted by Gasteiger charge is 2.05. The average molecular weight is 241 g/mol. The lowest BCUT2D eigenvalue weighted by molar-refractivity contribution is 0.0697. The summed E-state index contributed by atoms with van der Waals surface area (Å²) >= 11 is 0. The second-order valence-corrected chi connectivity index (χ2v) is 4.33. The summed E-state index contributed by atoms with van der Waals surface area (Å²) in [5, 5.41) is 8.99. The Morgan fingerprint density at radius 1 is 1.00 bits per heavy atom. The maximum atomic E-state index is 11.0. The second kappa shape index (κ2) is 4.92. The summed E-state index contributed by atoms with van der Waals surface area (Å²) in [6, 6.07) is 15.0. The number of anilines is 1. The number of rotatable bonds is 3. The van der Waals surface area contributed by atoms with E-state index in [0.29, 0.717) is 5.56 Å². The number of benzene rings is 2. The number of carbonyl (C=O) groups is 1. The highest BCUT2D eigenvalue weighted by atomic mass is 16.4. The van der Waals surface area contributed by atoms with Gasteiger partial charge in [-0.1, -0.05) is 24.3 Å². The predicted octanol–water partition coefficient (Wildman–Crippen LogP) is 3.12. The third-order valence-corrected chi connectivity index (χ3v) is 2.81. The SMILES string of the molecule is CN(C)c1cccc(-c2cccc(C(=O)O)c2)c1. The highest BCUT2D eigenvalue weighted by Crippen LogP contribution is 2.24. The zero-order chi connectivity index (χ0) is 13.1. The Hall–Kier alpha value is -2.29. The van der Waals surface area contributed by atoms with Crippen molar-refractivity contribution in [2.75, 3.05) is 19.0 Å². The van der Waals surface area contributed by atoms with Crippen molar-refractivity contribution >= 4 is 11.7 Å². The molecule has 0 amide bonds. The molecule has 0 saturated heterocycles. The lowest BCUT2D eigenvalue weighted by atomic mass is 10.0. The number of aromatic carboxylic acids is 1. The summed E-state index contributed by atoms with van der Waals surface area (Å²) < 4.78 is 0. The van der Waals surface area contributed by atoms with Crippen molar-refractivity contribution in [1.82, 2.24) is 0 Å². The van der Waals surface area contributed by atoms with Crippen LogP contribution in [0.2, 0.25) is 0 Å². The minimum atomic E-state index is -0.902. The van der Waals surface area contributed by atoms with Gasteiger partial charge >= 0.3 is 5.97 Å². The monoisotopic (exact) mass is 241 g/mol. The van der Waals surface area contributed by atoms with Gasteiger partial charge in [0.2, 0.25) is 0 Å². The molecule has 0 heterocycles. The number of nitrogens with zero attached hydrogens (tertiary/aromatic N) is 1. The van der Waals surface area contributed by atoms with E-state index in [9.17, 15) is 4.79 Å². The first-order valence-electron chi connectivity index (χ1n) is 5.69. The molecule has 0 atom stereocenters. The van der Waals surface area contributed by atoms with E-state index in [2.05, 4.69) is 0 Å². The Morgan fingerprint density at radius 3 is 2.22 bits per heavy atom. The van der Waals surface area contributed by atoms with Crippen molar-refractivity contribution in [2.24, 2.45) is 0 Å². The van der Waals surface area contributed by atoms with Crippen LogP contribution >= 0.6 is 0 Å². The van der Waals surface area contributed by atoms with Gasteiger partial charge in [-0.25, -0.2) is 4.79 Å². The van der Waals surface area contributed by atoms with Crippen molar-refractivity contribution < 1.29 is 9.90 Å². The van der Waals surface area contributed by atoms with Crippen LogP contribution in [0.25, 0.3) is 11.1 Å². The van der Waals surface area contributed by atoms with Crippen molar-refractivity contribution in [2.45, 2.75) is 0 Å². The summed E-state index contributed by atoms with van der Waals surface area (Å²) in [6.07, 6.45) is 0. The van der Waals surface area contributed by atoms with Gasteiger partial charge in [-0.2, -0.15) is 0 Å². The van der Waals surface area contributed by atoms with E-state index in [1.54, 1.807) is 18.2 Å². The molecule has 0 spiro atoms. The van der Waals surface area contributed by atoms with Gasteiger partial charge in [0.05, 0.1) is 5.56 Å². The summed E-state index contributed by atoms with van der Waals surface area (Å²) in [5.74, 6) is -0.902. The fraction of sp³-hybridized carbons (Fsp3) is 0.133. The standard InChI is InChI=1S/C15H15NO2/c1-16(2)14-8-4-6-12(10-14)11-5-3-7-13(9-11)15(17)18/h3-10H,1-2H3,(H,17,18). The Balaban J connectivity index is 2.45. The normalized spacial score (nSPS) is 10.1. The topological polar surface area (TPSA) is 40.5 Å². The van der Waals surface area contributed by atoms with Gasteiger partial charge in [0, 0.05) is 19.8 Å². The van der Waals surface area contributed by atoms with Crippen molar-refractivity contribution in [3.8, 4) is 11.1 Å². The molecule has 0 fully saturated rings. The van der Waals surface area contributed by atoms with Gasteiger partial charge in [-0.05, 0) is 35.4 Å². The van der Waals surface area contributed by atoms with Gasteiger partial charge < -0.3 is 10.0 Å². The Morgan fingerprint density at radius 2 is 1.61 bits per heavy atom. The lowest BCUT2D eigenvalue weighted by Gasteiger charge is -2.13. The van der Waals surface area contributed by atoms with Crippen LogP contribution in [0, 0.1) is 0 Å². The van der Waals surface area contributed by atoms with Crippen LogP contribution in [0.15, 0.2) is 48.5 Å². The van der Waals surface area contributed by atoms with E-state index in [0.717, 1.165) is 16.8 Å². The molecule has 18 heavy (non-hydrogen) atoms. The molecule has 0 saturated carbocycles. The Kier molecular flexibility index (Phi) is 3.33. The quantitative estimate of drug-likeness (QED) is 0.897. The van der Waals surface area contributed by atoms with Gasteiger partial charge in [-0.15, -0.1) is 0 Å². The highest BCUT2D eigenvalue weighted by molar-refractivity contribution is 5.89. The Bertz CT molecular complexity index is 576. The lowest BCUT2D eigenvalue weighted by Crippen LogP contribution is -2.08. The summed E-state index contributed by atoms with van der Waals surface area (Å²) in [6.45, 7) is 0. The molecule has 1 N–H and O–H groups in total. The van der Waals surface area contributed by atoms with Crippen LogP contribution < -0.4 is 4.90 Å². The molecule has 92 valence electrons. The molecular weight excluding hydrogens is 226 g/mol. The van der Waals surface area contributed by atoms with E-state index in [1.807, 2.05) is 49.3 Å². The molecule has 0 aliphatic rings. The molecule has 0 unspecified atom stereocenters. The minimum absolute atomic E-state index is 0.308. The van der Waals surface area contributed by atoms with Crippen LogP contribution in [-0.2, 0) is 0 Å². The second-order valence-electron chi connectivity index (χ2n) is 4.33. The van der Waals surface area contributed by atoms with Crippen molar-refractivity contribution in [1.29, 1.82) is 0 Å². The Labute approximate surface area is 106 Å². The molecule has 0 radical (unpaired) electrons.